The molecular formula is C15H24N4O. The third-order valence-electron chi connectivity index (χ3n) is 3.58. The Morgan fingerprint density at radius 3 is 2.45 bits per heavy atom. The summed E-state index contributed by atoms with van der Waals surface area (Å²) < 4.78 is 3.94. The molecule has 2 aromatic heterocycles. The van der Waals surface area contributed by atoms with Crippen molar-refractivity contribution < 1.29 is 5.11 Å². The third-order valence-corrected chi connectivity index (χ3v) is 3.58. The summed E-state index contributed by atoms with van der Waals surface area (Å²) in [7, 11) is 0. The highest BCUT2D eigenvalue weighted by atomic mass is 16.3. The van der Waals surface area contributed by atoms with Crippen molar-refractivity contribution in [3.63, 3.8) is 0 Å². The van der Waals surface area contributed by atoms with Gasteiger partial charge in [-0.05, 0) is 32.8 Å². The van der Waals surface area contributed by atoms with Crippen molar-refractivity contribution in [3.05, 3.63) is 34.9 Å². The van der Waals surface area contributed by atoms with E-state index in [4.69, 9.17) is 0 Å². The summed E-state index contributed by atoms with van der Waals surface area (Å²) in [4.78, 5) is 0. The van der Waals surface area contributed by atoms with Gasteiger partial charge in [-0.1, -0.05) is 13.8 Å². The number of aliphatic hydroxyl groups is 1. The summed E-state index contributed by atoms with van der Waals surface area (Å²) >= 11 is 0. The Hall–Kier alpha value is -1.62. The molecule has 0 aliphatic carbocycles. The average molecular weight is 276 g/mol. The average Bonchev–Trinajstić information content (AvgIpc) is 3.02. The standard InChI is InChI=1S/C15H24N4O/c1-5-14-13(10-20)15(6-2)19(17-14)9-12-7-8-18(16-12)11(3)4/h7-8,11,20H,5-6,9-10H2,1-4H3. The van der Waals surface area contributed by atoms with Crippen LogP contribution in [0.25, 0.3) is 0 Å². The highest BCUT2D eigenvalue weighted by Gasteiger charge is 2.15. The molecular weight excluding hydrogens is 252 g/mol. The van der Waals surface area contributed by atoms with E-state index in [0.717, 1.165) is 35.5 Å². The zero-order valence-corrected chi connectivity index (χ0v) is 12.8. The minimum absolute atomic E-state index is 0.0623. The van der Waals surface area contributed by atoms with Crippen LogP contribution in [0.2, 0.25) is 0 Å². The van der Waals surface area contributed by atoms with E-state index in [2.05, 4.69) is 37.9 Å². The van der Waals surface area contributed by atoms with Gasteiger partial charge in [0.25, 0.3) is 0 Å². The first kappa shape index (κ1) is 14.8. The van der Waals surface area contributed by atoms with Crippen LogP contribution in [0.5, 0.6) is 0 Å². The van der Waals surface area contributed by atoms with Crippen LogP contribution in [0.15, 0.2) is 12.3 Å². The van der Waals surface area contributed by atoms with E-state index in [1.54, 1.807) is 0 Å². The molecule has 0 saturated carbocycles. The number of aliphatic hydroxyl groups excluding tert-OH is 1. The van der Waals surface area contributed by atoms with Crippen molar-refractivity contribution in [3.8, 4) is 0 Å². The number of aryl methyl sites for hydroxylation is 1. The van der Waals surface area contributed by atoms with Crippen LogP contribution >= 0.6 is 0 Å². The van der Waals surface area contributed by atoms with Crippen LogP contribution < -0.4 is 0 Å². The first-order chi connectivity index (χ1) is 9.60. The van der Waals surface area contributed by atoms with E-state index in [0.29, 0.717) is 12.6 Å². The zero-order chi connectivity index (χ0) is 14.7. The lowest BCUT2D eigenvalue weighted by Crippen LogP contribution is -2.09. The van der Waals surface area contributed by atoms with Crippen LogP contribution in [0.1, 0.15) is 56.4 Å². The fourth-order valence-corrected chi connectivity index (χ4v) is 2.48. The highest BCUT2D eigenvalue weighted by Crippen LogP contribution is 2.17. The van der Waals surface area contributed by atoms with Gasteiger partial charge in [0.1, 0.15) is 0 Å². The second-order valence-electron chi connectivity index (χ2n) is 5.28. The van der Waals surface area contributed by atoms with Crippen LogP contribution in [0.4, 0.5) is 0 Å². The predicted molar refractivity (Wildman–Crippen MR) is 78.6 cm³/mol. The molecule has 2 rings (SSSR count). The van der Waals surface area contributed by atoms with Gasteiger partial charge in [0.15, 0.2) is 0 Å². The molecule has 110 valence electrons. The summed E-state index contributed by atoms with van der Waals surface area (Å²) in [5.41, 5.74) is 4.09. The maximum atomic E-state index is 9.54. The van der Waals surface area contributed by atoms with Gasteiger partial charge < -0.3 is 5.11 Å². The lowest BCUT2D eigenvalue weighted by molar-refractivity contribution is 0.279. The summed E-state index contributed by atoms with van der Waals surface area (Å²) in [5, 5.41) is 18.7. The van der Waals surface area contributed by atoms with Crippen molar-refractivity contribution >= 4 is 0 Å². The number of hydrogen-bond acceptors (Lipinski definition) is 3. The van der Waals surface area contributed by atoms with Crippen molar-refractivity contribution in [2.24, 2.45) is 0 Å². The molecule has 0 atom stereocenters. The summed E-state index contributed by atoms with van der Waals surface area (Å²) in [6.07, 6.45) is 3.72. The van der Waals surface area contributed by atoms with Crippen LogP contribution in [-0.4, -0.2) is 24.7 Å². The molecule has 0 amide bonds. The quantitative estimate of drug-likeness (QED) is 0.881. The van der Waals surface area contributed by atoms with Gasteiger partial charge in [0, 0.05) is 23.5 Å². The molecule has 0 aliphatic heterocycles. The SMILES string of the molecule is CCc1nn(Cc2ccn(C(C)C)n2)c(CC)c1CO. The molecule has 0 fully saturated rings. The minimum atomic E-state index is 0.0623. The van der Waals surface area contributed by atoms with Crippen LogP contribution in [0.3, 0.4) is 0 Å². The summed E-state index contributed by atoms with van der Waals surface area (Å²) in [6, 6.07) is 2.40. The van der Waals surface area contributed by atoms with Gasteiger partial charge in [-0.2, -0.15) is 10.2 Å². The molecule has 0 radical (unpaired) electrons. The molecule has 1 N–H and O–H groups in total. The topological polar surface area (TPSA) is 55.9 Å². The Morgan fingerprint density at radius 2 is 1.95 bits per heavy atom. The monoisotopic (exact) mass is 276 g/mol. The van der Waals surface area contributed by atoms with Gasteiger partial charge in [-0.25, -0.2) is 0 Å². The number of aromatic nitrogens is 4. The van der Waals surface area contributed by atoms with Gasteiger partial charge in [0.05, 0.1) is 24.5 Å². The van der Waals surface area contributed by atoms with Crippen LogP contribution in [0, 0.1) is 0 Å². The van der Waals surface area contributed by atoms with Crippen LogP contribution in [-0.2, 0) is 26.0 Å². The van der Waals surface area contributed by atoms with E-state index >= 15 is 0 Å². The normalized spacial score (nSPS) is 11.5. The second-order valence-corrected chi connectivity index (χ2v) is 5.28. The number of nitrogens with zero attached hydrogens (tertiary/aromatic N) is 4. The largest absolute Gasteiger partial charge is 0.392 e. The molecule has 5 heteroatoms. The van der Waals surface area contributed by atoms with E-state index in [1.165, 1.54) is 0 Å². The van der Waals surface area contributed by atoms with Gasteiger partial charge in [-0.3, -0.25) is 9.36 Å². The predicted octanol–water partition coefficient (Wildman–Crippen LogP) is 2.33. The Kier molecular flexibility index (Phi) is 4.60. The maximum absolute atomic E-state index is 9.54. The molecule has 5 nitrogen and oxygen atoms in total. The highest BCUT2D eigenvalue weighted by molar-refractivity contribution is 5.26. The Labute approximate surface area is 120 Å². The molecule has 2 heterocycles. The summed E-state index contributed by atoms with van der Waals surface area (Å²) in [5.74, 6) is 0. The lowest BCUT2D eigenvalue weighted by Gasteiger charge is -2.06. The Balaban J connectivity index is 2.30. The van der Waals surface area contributed by atoms with Crippen molar-refractivity contribution in [1.29, 1.82) is 0 Å². The summed E-state index contributed by atoms with van der Waals surface area (Å²) in [6.45, 7) is 9.11. The van der Waals surface area contributed by atoms with E-state index < -0.39 is 0 Å². The third kappa shape index (κ3) is 2.77. The lowest BCUT2D eigenvalue weighted by atomic mass is 10.1. The molecule has 0 saturated heterocycles. The Morgan fingerprint density at radius 1 is 1.20 bits per heavy atom. The van der Waals surface area contributed by atoms with Gasteiger partial charge in [0.2, 0.25) is 0 Å². The smallest absolute Gasteiger partial charge is 0.0853 e. The van der Waals surface area contributed by atoms with Crippen molar-refractivity contribution in [1.82, 2.24) is 19.6 Å². The van der Waals surface area contributed by atoms with E-state index in [9.17, 15) is 5.11 Å². The first-order valence-corrected chi connectivity index (χ1v) is 7.32. The zero-order valence-electron chi connectivity index (χ0n) is 12.8. The van der Waals surface area contributed by atoms with E-state index in [-0.39, 0.29) is 6.61 Å². The van der Waals surface area contributed by atoms with Gasteiger partial charge in [-0.15, -0.1) is 0 Å². The Bertz CT molecular complexity index is 568. The maximum Gasteiger partial charge on any atom is 0.0853 e. The van der Waals surface area contributed by atoms with Gasteiger partial charge >= 0.3 is 0 Å². The molecule has 2 aromatic rings. The minimum Gasteiger partial charge on any atom is -0.392 e. The fraction of sp³-hybridized carbons (Fsp3) is 0.600. The first-order valence-electron chi connectivity index (χ1n) is 7.32. The molecule has 0 aliphatic rings. The molecule has 0 aromatic carbocycles. The van der Waals surface area contributed by atoms with Crippen molar-refractivity contribution in [2.75, 3.05) is 0 Å². The number of hydrogen-bond donors (Lipinski definition) is 1. The fourth-order valence-electron chi connectivity index (χ4n) is 2.48. The molecule has 20 heavy (non-hydrogen) atoms. The number of rotatable bonds is 6. The van der Waals surface area contributed by atoms with E-state index in [1.807, 2.05) is 21.6 Å². The second kappa shape index (κ2) is 6.22. The van der Waals surface area contributed by atoms with Crippen molar-refractivity contribution in [2.45, 2.75) is 59.7 Å². The molecule has 0 spiro atoms. The molecule has 0 bridgehead atoms. The molecule has 0 unspecified atom stereocenters.